The van der Waals surface area contributed by atoms with E-state index in [2.05, 4.69) is 64.3 Å². The minimum absolute atomic E-state index is 0. The van der Waals surface area contributed by atoms with Crippen molar-refractivity contribution in [3.8, 4) is 47.3 Å². The molecule has 6 N–H and O–H groups in total. The summed E-state index contributed by atoms with van der Waals surface area (Å²) < 4.78 is 13.9. The molecule has 2 aromatic carbocycles. The lowest BCUT2D eigenvalue weighted by molar-refractivity contribution is -0.138. The fourth-order valence-corrected chi connectivity index (χ4v) is 6.57. The van der Waals surface area contributed by atoms with Crippen molar-refractivity contribution in [2.75, 3.05) is 41.4 Å². The second-order valence-electron chi connectivity index (χ2n) is 13.6. The predicted octanol–water partition coefficient (Wildman–Crippen LogP) is 1.40. The van der Waals surface area contributed by atoms with Crippen molar-refractivity contribution in [3.05, 3.63) is 82.1 Å². The summed E-state index contributed by atoms with van der Waals surface area (Å²) in [7, 11) is 6.15. The van der Waals surface area contributed by atoms with Gasteiger partial charge in [0.1, 0.15) is 0 Å². The van der Waals surface area contributed by atoms with Crippen LogP contribution >= 0.6 is 15.9 Å². The first-order valence-corrected chi connectivity index (χ1v) is 18.9. The van der Waals surface area contributed by atoms with E-state index in [1.165, 1.54) is 39.4 Å². The third kappa shape index (κ3) is 9.14. The second kappa shape index (κ2) is 18.4. The van der Waals surface area contributed by atoms with E-state index in [9.17, 15) is 29.4 Å². The second-order valence-corrected chi connectivity index (χ2v) is 14.5. The molecular formula is C41H41BrN12O8. The number of aromatic nitrogens is 8. The van der Waals surface area contributed by atoms with Crippen molar-refractivity contribution in [3.63, 3.8) is 0 Å². The van der Waals surface area contributed by atoms with Crippen LogP contribution in [-0.2, 0) is 9.59 Å². The maximum Gasteiger partial charge on any atom is 0.269 e. The molecule has 62 heavy (non-hydrogen) atoms. The molecule has 0 bridgehead atoms. The molecule has 20 nitrogen and oxygen atoms in total. The largest absolute Gasteiger partial charge is 0.480 e. The Labute approximate surface area is 362 Å². The molecule has 2 saturated heterocycles. The number of likely N-dealkylation sites (N-methyl/N-ethyl adjacent to an activating group) is 2. The SMILES string of the molecule is C.C#C[C@]1(O)CCN(C)C1=O.COc1cc2c(C(N)=O)nn(-c3cccc(Br)c3)c2nn1.COc1cc2c(C(N)=O)nn(-c3cccc(C#C[C@]4(O)CCN(C)C4=O)c3)c2nn1. The Morgan fingerprint density at radius 1 is 0.758 bits per heavy atom. The first-order valence-electron chi connectivity index (χ1n) is 18.1. The number of halogens is 1. The van der Waals surface area contributed by atoms with Crippen molar-refractivity contribution in [1.29, 1.82) is 0 Å². The van der Waals surface area contributed by atoms with Gasteiger partial charge in [0.2, 0.25) is 23.0 Å². The number of aliphatic hydroxyl groups is 2. The van der Waals surface area contributed by atoms with Gasteiger partial charge in [0.25, 0.3) is 23.6 Å². The molecule has 6 heterocycles. The van der Waals surface area contributed by atoms with E-state index < -0.39 is 28.9 Å². The molecule has 0 saturated carbocycles. The number of hydrogen-bond donors (Lipinski definition) is 4. The minimum Gasteiger partial charge on any atom is -0.480 e. The molecular weight excluding hydrogens is 868 g/mol. The number of carbonyl (C=O) groups excluding carboxylic acids is 4. The van der Waals surface area contributed by atoms with Crippen LogP contribution in [0.25, 0.3) is 33.4 Å². The van der Waals surface area contributed by atoms with Gasteiger partial charge in [-0.15, -0.1) is 26.8 Å². The molecule has 8 rings (SSSR count). The number of fused-ring (bicyclic) bond motifs is 2. The van der Waals surface area contributed by atoms with Gasteiger partial charge in [-0.2, -0.15) is 10.2 Å². The molecule has 0 radical (unpaired) electrons. The fraction of sp³-hybridized carbons (Fsp3) is 0.268. The van der Waals surface area contributed by atoms with Crippen LogP contribution in [0.15, 0.2) is 65.1 Å². The summed E-state index contributed by atoms with van der Waals surface area (Å²) in [6, 6.07) is 17.5. The molecule has 0 unspecified atom stereocenters. The summed E-state index contributed by atoms with van der Waals surface area (Å²) in [5, 5.41) is 45.2. The monoisotopic (exact) mass is 908 g/mol. The standard InChI is InChI=1S/C20H18N6O4.C13H10BrN5O2.C7H9NO2.CH4/c1-25-9-8-20(29,19(25)28)7-6-12-4-3-5-13(10-12)26-18-14(16(24-26)17(21)27)11-15(30-2)22-23-18;1-21-10-6-9-11(12(15)20)18-19(13(9)17-16-10)8-4-2-3-7(14)5-8;1-3-7(10)4-5-8(2)6(7)9;/h3-5,10-11,29H,8-9H2,1-2H3,(H2,21,27);2-6H,1H3,(H2,15,20);1,10H,4-5H2,2H3;1H4/t20-;;7-;/m0.0./s1. The van der Waals surface area contributed by atoms with Crippen molar-refractivity contribution < 1.29 is 38.9 Å². The van der Waals surface area contributed by atoms with Gasteiger partial charge in [-0.25, -0.2) is 9.36 Å². The summed E-state index contributed by atoms with van der Waals surface area (Å²) >= 11 is 3.39. The van der Waals surface area contributed by atoms with Gasteiger partial charge >= 0.3 is 0 Å². The number of likely N-dealkylation sites (tertiary alicyclic amines) is 2. The quantitative estimate of drug-likeness (QED) is 0.172. The van der Waals surface area contributed by atoms with Gasteiger partial charge < -0.3 is 41.0 Å². The molecule has 6 aromatic rings. The van der Waals surface area contributed by atoms with Crippen LogP contribution in [0.4, 0.5) is 0 Å². The van der Waals surface area contributed by atoms with E-state index in [4.69, 9.17) is 27.4 Å². The lowest BCUT2D eigenvalue weighted by Crippen LogP contribution is -2.37. The first-order chi connectivity index (χ1) is 29.0. The average Bonchev–Trinajstić information content (AvgIpc) is 3.99. The van der Waals surface area contributed by atoms with E-state index in [0.29, 0.717) is 58.7 Å². The third-order valence-corrected chi connectivity index (χ3v) is 10.0. The number of nitrogens with zero attached hydrogens (tertiary/aromatic N) is 10. The van der Waals surface area contributed by atoms with Crippen LogP contribution in [0, 0.1) is 24.2 Å². The average molecular weight is 910 g/mol. The molecule has 2 aliphatic rings. The lowest BCUT2D eigenvalue weighted by atomic mass is 10.0. The number of terminal acetylenes is 1. The highest BCUT2D eigenvalue weighted by Gasteiger charge is 2.43. The summed E-state index contributed by atoms with van der Waals surface area (Å²) in [4.78, 5) is 49.4. The number of methoxy groups -OCH3 is 2. The maximum absolute atomic E-state index is 12.1. The topological polar surface area (TPSA) is 273 Å². The van der Waals surface area contributed by atoms with Gasteiger partial charge in [0.15, 0.2) is 22.7 Å². The normalized spacial score (nSPS) is 17.8. The fourth-order valence-electron chi connectivity index (χ4n) is 6.18. The van der Waals surface area contributed by atoms with Crippen LogP contribution in [0.1, 0.15) is 46.8 Å². The van der Waals surface area contributed by atoms with Gasteiger partial charge in [-0.1, -0.05) is 53.3 Å². The molecule has 4 aromatic heterocycles. The summed E-state index contributed by atoms with van der Waals surface area (Å²) in [5.41, 5.74) is 10.4. The molecule has 320 valence electrons. The zero-order chi connectivity index (χ0) is 44.2. The van der Waals surface area contributed by atoms with Gasteiger partial charge in [0, 0.05) is 62.2 Å². The van der Waals surface area contributed by atoms with Crippen LogP contribution in [0.2, 0.25) is 0 Å². The maximum atomic E-state index is 12.1. The van der Waals surface area contributed by atoms with Gasteiger partial charge in [-0.3, -0.25) is 19.2 Å². The van der Waals surface area contributed by atoms with Crippen molar-refractivity contribution in [2.24, 2.45) is 11.5 Å². The molecule has 4 amide bonds. The Kier molecular flexibility index (Phi) is 13.6. The van der Waals surface area contributed by atoms with Crippen molar-refractivity contribution in [2.45, 2.75) is 31.5 Å². The number of ether oxygens (including phenoxy) is 2. The summed E-state index contributed by atoms with van der Waals surface area (Å²) in [6.45, 7) is 0.987. The molecule has 2 fully saturated rings. The number of benzene rings is 2. The first kappa shape index (κ1) is 45.6. The van der Waals surface area contributed by atoms with Gasteiger partial charge in [0.05, 0.1) is 36.4 Å². The number of hydrogen-bond acceptors (Lipinski definition) is 14. The number of primary amides is 2. The van der Waals surface area contributed by atoms with Crippen LogP contribution in [0.5, 0.6) is 11.8 Å². The van der Waals surface area contributed by atoms with E-state index >= 15 is 0 Å². The Morgan fingerprint density at radius 2 is 1.23 bits per heavy atom. The highest BCUT2D eigenvalue weighted by Crippen LogP contribution is 2.26. The number of nitrogens with two attached hydrogens (primary N) is 2. The van der Waals surface area contributed by atoms with E-state index in [1.807, 2.05) is 24.3 Å². The highest BCUT2D eigenvalue weighted by atomic mass is 79.9. The molecule has 0 spiro atoms. The molecule has 2 atom stereocenters. The van der Waals surface area contributed by atoms with E-state index in [1.54, 1.807) is 44.4 Å². The highest BCUT2D eigenvalue weighted by molar-refractivity contribution is 9.10. The molecule has 0 aliphatic carbocycles. The molecule has 21 heteroatoms. The number of amides is 4. The van der Waals surface area contributed by atoms with Crippen LogP contribution < -0.4 is 20.9 Å². The Morgan fingerprint density at radius 3 is 1.63 bits per heavy atom. The Balaban J connectivity index is 0.000000196. The zero-order valence-electron chi connectivity index (χ0n) is 33.0. The Bertz CT molecular complexity index is 2830. The summed E-state index contributed by atoms with van der Waals surface area (Å²) in [5.74, 6) is 5.99. The zero-order valence-corrected chi connectivity index (χ0v) is 34.6. The minimum atomic E-state index is -1.69. The van der Waals surface area contributed by atoms with Gasteiger partial charge in [-0.05, 0) is 36.4 Å². The predicted molar refractivity (Wildman–Crippen MR) is 228 cm³/mol. The molecule has 2 aliphatic heterocycles. The van der Waals surface area contributed by atoms with Crippen molar-refractivity contribution in [1.82, 2.24) is 49.8 Å². The van der Waals surface area contributed by atoms with E-state index in [0.717, 1.165) is 10.2 Å². The third-order valence-electron chi connectivity index (χ3n) is 9.52. The lowest BCUT2D eigenvalue weighted by Gasteiger charge is -2.13. The van der Waals surface area contributed by atoms with Crippen LogP contribution in [-0.4, -0.2) is 136 Å². The number of carbonyl (C=O) groups is 4. The van der Waals surface area contributed by atoms with Crippen molar-refractivity contribution >= 4 is 61.6 Å². The number of rotatable bonds is 6. The van der Waals surface area contributed by atoms with E-state index in [-0.39, 0.29) is 37.0 Å². The van der Waals surface area contributed by atoms with Crippen LogP contribution in [0.3, 0.4) is 0 Å². The summed E-state index contributed by atoms with van der Waals surface area (Å²) in [6.07, 6.45) is 5.57. The Hall–Kier alpha value is -7.46. The smallest absolute Gasteiger partial charge is 0.269 e.